The molecule has 0 radical (unpaired) electrons. The van der Waals surface area contributed by atoms with Crippen molar-refractivity contribution in [3.05, 3.63) is 34.9 Å². The molecule has 1 rings (SSSR count). The first-order valence-corrected chi connectivity index (χ1v) is 5.90. The average Bonchev–Trinajstić information content (AvgIpc) is 2.13. The van der Waals surface area contributed by atoms with Gasteiger partial charge >= 0.3 is 6.18 Å². The van der Waals surface area contributed by atoms with Gasteiger partial charge in [-0.05, 0) is 49.4 Å². The van der Waals surface area contributed by atoms with Crippen LogP contribution in [0.2, 0.25) is 0 Å². The number of hydrogen-bond acceptors (Lipinski definition) is 0. The molecule has 0 saturated carbocycles. The molecule has 0 aliphatic carbocycles. The van der Waals surface area contributed by atoms with Crippen LogP contribution < -0.4 is 0 Å². The van der Waals surface area contributed by atoms with Crippen molar-refractivity contribution in [1.82, 2.24) is 0 Å². The summed E-state index contributed by atoms with van der Waals surface area (Å²) in [6, 6.07) is 3.52. The van der Waals surface area contributed by atoms with Crippen molar-refractivity contribution in [3.8, 4) is 0 Å². The third-order valence-corrected chi connectivity index (χ3v) is 2.65. The summed E-state index contributed by atoms with van der Waals surface area (Å²) in [5.41, 5.74) is -1.94. The van der Waals surface area contributed by atoms with Gasteiger partial charge in [0.1, 0.15) is 5.67 Å². The molecule has 0 amide bonds. The van der Waals surface area contributed by atoms with Crippen LogP contribution in [0.1, 0.15) is 44.4 Å². The molecule has 0 N–H and O–H groups in total. The van der Waals surface area contributed by atoms with Gasteiger partial charge in [0.15, 0.2) is 0 Å². The number of halogens is 4. The number of alkyl halides is 4. The fourth-order valence-electron chi connectivity index (χ4n) is 1.79. The Bertz CT molecular complexity index is 379. The van der Waals surface area contributed by atoms with E-state index in [0.717, 1.165) is 12.1 Å². The normalized spacial score (nSPS) is 13.2. The minimum atomic E-state index is -4.44. The third-order valence-electron chi connectivity index (χ3n) is 2.65. The summed E-state index contributed by atoms with van der Waals surface area (Å²) in [5, 5.41) is 0. The van der Waals surface area contributed by atoms with Crippen LogP contribution >= 0.6 is 0 Å². The van der Waals surface area contributed by atoms with Crippen molar-refractivity contribution in [2.75, 3.05) is 0 Å². The number of benzene rings is 1. The molecular formula is C14H18F4. The Morgan fingerprint density at radius 1 is 0.944 bits per heavy atom. The van der Waals surface area contributed by atoms with Crippen LogP contribution in [-0.2, 0) is 18.3 Å². The molecule has 0 aromatic heterocycles. The second kappa shape index (κ2) is 4.90. The SMILES string of the molecule is CC(C)Cc1cc(C(C)(C)F)cc(C(F)(F)F)c1. The maximum Gasteiger partial charge on any atom is 0.416 e. The second-order valence-electron chi connectivity index (χ2n) is 5.49. The van der Waals surface area contributed by atoms with Crippen molar-refractivity contribution < 1.29 is 17.6 Å². The molecule has 4 heteroatoms. The summed E-state index contributed by atoms with van der Waals surface area (Å²) in [6.45, 7) is 6.37. The first kappa shape index (κ1) is 15.0. The van der Waals surface area contributed by atoms with Crippen LogP contribution in [0.5, 0.6) is 0 Å². The second-order valence-corrected chi connectivity index (χ2v) is 5.49. The van der Waals surface area contributed by atoms with E-state index in [0.29, 0.717) is 12.0 Å². The van der Waals surface area contributed by atoms with Crippen LogP contribution in [-0.4, -0.2) is 0 Å². The van der Waals surface area contributed by atoms with E-state index in [9.17, 15) is 17.6 Å². The Balaban J connectivity index is 3.29. The predicted molar refractivity (Wildman–Crippen MR) is 64.1 cm³/mol. The molecule has 0 unspecified atom stereocenters. The highest BCUT2D eigenvalue weighted by Gasteiger charge is 2.33. The lowest BCUT2D eigenvalue weighted by Gasteiger charge is -2.19. The van der Waals surface area contributed by atoms with Gasteiger partial charge in [0.05, 0.1) is 5.56 Å². The van der Waals surface area contributed by atoms with Gasteiger partial charge in [-0.25, -0.2) is 4.39 Å². The van der Waals surface area contributed by atoms with Crippen LogP contribution in [0.15, 0.2) is 18.2 Å². The minimum Gasteiger partial charge on any atom is -0.239 e. The van der Waals surface area contributed by atoms with Gasteiger partial charge < -0.3 is 0 Å². The lowest BCUT2D eigenvalue weighted by molar-refractivity contribution is -0.137. The molecule has 0 bridgehead atoms. The van der Waals surface area contributed by atoms with Gasteiger partial charge in [-0.15, -0.1) is 0 Å². The Kier molecular flexibility index (Phi) is 4.08. The zero-order valence-electron chi connectivity index (χ0n) is 11.0. The largest absolute Gasteiger partial charge is 0.416 e. The van der Waals surface area contributed by atoms with E-state index < -0.39 is 17.4 Å². The molecular weight excluding hydrogens is 244 g/mol. The number of rotatable bonds is 3. The zero-order chi connectivity index (χ0) is 14.1. The van der Waals surface area contributed by atoms with E-state index in [4.69, 9.17) is 0 Å². The lowest BCUT2D eigenvalue weighted by Crippen LogP contribution is -2.14. The summed E-state index contributed by atoms with van der Waals surface area (Å²) >= 11 is 0. The molecule has 1 aromatic carbocycles. The van der Waals surface area contributed by atoms with Gasteiger partial charge in [0.25, 0.3) is 0 Å². The van der Waals surface area contributed by atoms with E-state index in [-0.39, 0.29) is 11.5 Å². The highest BCUT2D eigenvalue weighted by Crippen LogP contribution is 2.35. The van der Waals surface area contributed by atoms with E-state index in [2.05, 4.69) is 0 Å². The van der Waals surface area contributed by atoms with E-state index >= 15 is 0 Å². The van der Waals surface area contributed by atoms with Crippen LogP contribution in [0, 0.1) is 5.92 Å². The summed E-state index contributed by atoms with van der Waals surface area (Å²) < 4.78 is 52.1. The van der Waals surface area contributed by atoms with Crippen molar-refractivity contribution >= 4 is 0 Å². The maximum absolute atomic E-state index is 13.8. The smallest absolute Gasteiger partial charge is 0.239 e. The quantitative estimate of drug-likeness (QED) is 0.664. The van der Waals surface area contributed by atoms with Crippen LogP contribution in [0.4, 0.5) is 17.6 Å². The highest BCUT2D eigenvalue weighted by molar-refractivity contribution is 5.35. The molecule has 0 saturated heterocycles. The topological polar surface area (TPSA) is 0 Å². The summed E-state index contributed by atoms with van der Waals surface area (Å²) in [7, 11) is 0. The Morgan fingerprint density at radius 3 is 1.83 bits per heavy atom. The average molecular weight is 262 g/mol. The Morgan fingerprint density at radius 2 is 1.44 bits per heavy atom. The van der Waals surface area contributed by atoms with Gasteiger partial charge in [-0.3, -0.25) is 0 Å². The van der Waals surface area contributed by atoms with E-state index in [1.54, 1.807) is 0 Å². The Hall–Kier alpha value is -1.06. The minimum absolute atomic E-state index is 0.0768. The number of hydrogen-bond donors (Lipinski definition) is 0. The summed E-state index contributed by atoms with van der Waals surface area (Å²) in [6.07, 6.45) is -3.93. The Labute approximate surface area is 105 Å². The van der Waals surface area contributed by atoms with Crippen LogP contribution in [0.25, 0.3) is 0 Å². The molecule has 0 spiro atoms. The van der Waals surface area contributed by atoms with Crippen molar-refractivity contribution in [2.24, 2.45) is 5.92 Å². The van der Waals surface area contributed by atoms with E-state index in [1.165, 1.54) is 19.9 Å². The molecule has 18 heavy (non-hydrogen) atoms. The fourth-order valence-corrected chi connectivity index (χ4v) is 1.79. The lowest BCUT2D eigenvalue weighted by atomic mass is 9.92. The fraction of sp³-hybridized carbons (Fsp3) is 0.571. The molecule has 0 fully saturated rings. The van der Waals surface area contributed by atoms with Crippen molar-refractivity contribution in [3.63, 3.8) is 0 Å². The molecule has 0 aliphatic rings. The molecule has 0 heterocycles. The molecule has 0 nitrogen and oxygen atoms in total. The highest BCUT2D eigenvalue weighted by atomic mass is 19.4. The molecule has 1 aromatic rings. The van der Waals surface area contributed by atoms with Gasteiger partial charge in [-0.2, -0.15) is 13.2 Å². The van der Waals surface area contributed by atoms with Crippen LogP contribution in [0.3, 0.4) is 0 Å². The summed E-state index contributed by atoms with van der Waals surface area (Å²) in [4.78, 5) is 0. The standard InChI is InChI=1S/C14H18F4/c1-9(2)5-10-6-11(13(3,4)15)8-12(7-10)14(16,17)18/h6-9H,5H2,1-4H3. The van der Waals surface area contributed by atoms with Gasteiger partial charge in [0, 0.05) is 0 Å². The molecule has 0 aliphatic heterocycles. The first-order chi connectivity index (χ1) is 8.00. The molecule has 0 atom stereocenters. The zero-order valence-corrected chi connectivity index (χ0v) is 11.0. The van der Waals surface area contributed by atoms with Gasteiger partial charge in [0.2, 0.25) is 0 Å². The maximum atomic E-state index is 13.8. The molecule has 102 valence electrons. The monoisotopic (exact) mass is 262 g/mol. The first-order valence-electron chi connectivity index (χ1n) is 5.90. The van der Waals surface area contributed by atoms with Crippen molar-refractivity contribution in [2.45, 2.75) is 46.0 Å². The van der Waals surface area contributed by atoms with Gasteiger partial charge in [-0.1, -0.05) is 19.9 Å². The van der Waals surface area contributed by atoms with E-state index in [1.807, 2.05) is 13.8 Å². The van der Waals surface area contributed by atoms with Crippen molar-refractivity contribution in [1.29, 1.82) is 0 Å². The predicted octanol–water partition coefficient (Wildman–Crippen LogP) is 5.11. The summed E-state index contributed by atoms with van der Waals surface area (Å²) in [5.74, 6) is 0.226. The third kappa shape index (κ3) is 4.00.